The van der Waals surface area contributed by atoms with Crippen LogP contribution in [0.15, 0.2) is 12.4 Å². The molecule has 0 aliphatic rings. The molecule has 0 aliphatic carbocycles. The number of amides is 1. The van der Waals surface area contributed by atoms with E-state index in [9.17, 15) is 4.79 Å². The van der Waals surface area contributed by atoms with Gasteiger partial charge in [-0.3, -0.25) is 4.79 Å². The number of aromatic amines is 1. The minimum atomic E-state index is 0.0263. The number of nitrogens with one attached hydrogen (secondary N) is 3. The fourth-order valence-corrected chi connectivity index (χ4v) is 1.02. The summed E-state index contributed by atoms with van der Waals surface area (Å²) in [6, 6.07) is 0. The Balaban J connectivity index is 2.06. The maximum absolute atomic E-state index is 11.1. The Morgan fingerprint density at radius 2 is 2.50 bits per heavy atom. The molecule has 1 aromatic rings. The zero-order valence-corrected chi connectivity index (χ0v) is 8.34. The maximum atomic E-state index is 11.1. The van der Waals surface area contributed by atoms with Crippen molar-refractivity contribution in [3.63, 3.8) is 0 Å². The number of carbonyl (C=O) groups is 1. The molecule has 0 atom stereocenters. The first-order valence-corrected chi connectivity index (χ1v) is 4.78. The van der Waals surface area contributed by atoms with E-state index < -0.39 is 0 Å². The number of hydrogen-bond donors (Lipinski definition) is 3. The summed E-state index contributed by atoms with van der Waals surface area (Å²) >= 11 is 0. The number of aromatic nitrogens is 2. The first-order valence-electron chi connectivity index (χ1n) is 4.78. The molecule has 5 nitrogen and oxygen atoms in total. The highest BCUT2D eigenvalue weighted by atomic mass is 16.1. The number of rotatable bonds is 6. The minimum Gasteiger partial charge on any atom is -0.355 e. The fourth-order valence-electron chi connectivity index (χ4n) is 1.02. The van der Waals surface area contributed by atoms with Crippen LogP contribution in [0.4, 0.5) is 0 Å². The lowest BCUT2D eigenvalue weighted by Gasteiger charge is -2.03. The van der Waals surface area contributed by atoms with Crippen LogP contribution in [0.3, 0.4) is 0 Å². The second kappa shape index (κ2) is 6.15. The van der Waals surface area contributed by atoms with Gasteiger partial charge in [0.25, 0.3) is 0 Å². The van der Waals surface area contributed by atoms with Gasteiger partial charge in [-0.25, -0.2) is 4.98 Å². The predicted molar refractivity (Wildman–Crippen MR) is 53.6 cm³/mol. The number of hydrogen-bond acceptors (Lipinski definition) is 3. The van der Waals surface area contributed by atoms with Crippen LogP contribution in [0.5, 0.6) is 0 Å². The summed E-state index contributed by atoms with van der Waals surface area (Å²) in [5.41, 5.74) is 0. The molecule has 1 aromatic heterocycles. The second-order valence-electron chi connectivity index (χ2n) is 2.99. The van der Waals surface area contributed by atoms with Crippen molar-refractivity contribution in [3.8, 4) is 0 Å². The van der Waals surface area contributed by atoms with Gasteiger partial charge in [0.15, 0.2) is 0 Å². The van der Waals surface area contributed by atoms with E-state index >= 15 is 0 Å². The van der Waals surface area contributed by atoms with Gasteiger partial charge in [0, 0.05) is 18.9 Å². The van der Waals surface area contributed by atoms with Crippen molar-refractivity contribution < 1.29 is 4.79 Å². The molecule has 0 fully saturated rings. The van der Waals surface area contributed by atoms with E-state index in [1.54, 1.807) is 12.4 Å². The summed E-state index contributed by atoms with van der Waals surface area (Å²) in [4.78, 5) is 18.1. The molecule has 0 saturated carbocycles. The number of H-pyrrole nitrogens is 1. The van der Waals surface area contributed by atoms with Gasteiger partial charge in [-0.05, 0) is 6.42 Å². The zero-order chi connectivity index (χ0) is 10.2. The van der Waals surface area contributed by atoms with E-state index in [1.165, 1.54) is 0 Å². The molecule has 0 radical (unpaired) electrons. The summed E-state index contributed by atoms with van der Waals surface area (Å²) < 4.78 is 0. The number of imidazole rings is 1. The third kappa shape index (κ3) is 4.04. The van der Waals surface area contributed by atoms with E-state index in [0.717, 1.165) is 18.8 Å². The third-order valence-electron chi connectivity index (χ3n) is 1.71. The van der Waals surface area contributed by atoms with Gasteiger partial charge in [-0.1, -0.05) is 6.92 Å². The Labute approximate surface area is 83.3 Å². The van der Waals surface area contributed by atoms with E-state index in [4.69, 9.17) is 0 Å². The molecular weight excluding hydrogens is 180 g/mol. The molecule has 78 valence electrons. The Morgan fingerprint density at radius 1 is 1.64 bits per heavy atom. The Morgan fingerprint density at radius 3 is 3.14 bits per heavy atom. The van der Waals surface area contributed by atoms with Crippen molar-refractivity contribution >= 4 is 5.91 Å². The van der Waals surface area contributed by atoms with E-state index in [2.05, 4.69) is 20.6 Å². The van der Waals surface area contributed by atoms with Gasteiger partial charge in [0.05, 0.1) is 13.1 Å². The average molecular weight is 196 g/mol. The predicted octanol–water partition coefficient (Wildman–Crippen LogP) is 0.0255. The minimum absolute atomic E-state index is 0.0263. The van der Waals surface area contributed by atoms with Crippen LogP contribution < -0.4 is 10.6 Å². The fraction of sp³-hybridized carbons (Fsp3) is 0.556. The number of nitrogens with zero attached hydrogens (tertiary/aromatic N) is 1. The van der Waals surface area contributed by atoms with Crippen LogP contribution in [-0.2, 0) is 11.3 Å². The molecule has 5 heteroatoms. The average Bonchev–Trinajstić information content (AvgIpc) is 2.67. The molecular formula is C9H16N4O. The summed E-state index contributed by atoms with van der Waals surface area (Å²) in [6.07, 6.45) is 4.41. The van der Waals surface area contributed by atoms with Crippen molar-refractivity contribution in [3.05, 3.63) is 18.2 Å². The van der Waals surface area contributed by atoms with Crippen LogP contribution >= 0.6 is 0 Å². The van der Waals surface area contributed by atoms with Crippen LogP contribution in [0.1, 0.15) is 19.2 Å². The monoisotopic (exact) mass is 196 g/mol. The standard InChI is InChI=1S/C9H16N4O/c1-2-3-13-9(14)7-10-6-8-11-4-5-12-8/h4-5,10H,2-3,6-7H2,1H3,(H,11,12)(H,13,14). The molecule has 0 unspecified atom stereocenters. The van der Waals surface area contributed by atoms with Gasteiger partial charge in [-0.15, -0.1) is 0 Å². The Bertz CT molecular complexity index is 258. The van der Waals surface area contributed by atoms with Crippen LogP contribution in [0.2, 0.25) is 0 Å². The molecule has 3 N–H and O–H groups in total. The lowest BCUT2D eigenvalue weighted by Crippen LogP contribution is -2.34. The van der Waals surface area contributed by atoms with Gasteiger partial charge in [-0.2, -0.15) is 0 Å². The van der Waals surface area contributed by atoms with Crippen molar-refractivity contribution in [1.82, 2.24) is 20.6 Å². The molecule has 0 spiro atoms. The molecule has 0 saturated heterocycles. The van der Waals surface area contributed by atoms with Crippen molar-refractivity contribution in [2.75, 3.05) is 13.1 Å². The summed E-state index contributed by atoms with van der Waals surface area (Å²) in [5, 5.41) is 5.77. The molecule has 1 rings (SSSR count). The second-order valence-corrected chi connectivity index (χ2v) is 2.99. The molecule has 1 heterocycles. The molecule has 0 aromatic carbocycles. The lowest BCUT2D eigenvalue weighted by atomic mass is 10.4. The lowest BCUT2D eigenvalue weighted by molar-refractivity contribution is -0.120. The highest BCUT2D eigenvalue weighted by molar-refractivity contribution is 5.77. The number of carbonyl (C=O) groups excluding carboxylic acids is 1. The molecule has 0 aliphatic heterocycles. The Kier molecular flexibility index (Phi) is 4.71. The van der Waals surface area contributed by atoms with Crippen LogP contribution in [-0.4, -0.2) is 29.0 Å². The molecule has 0 bridgehead atoms. The van der Waals surface area contributed by atoms with Crippen LogP contribution in [0.25, 0.3) is 0 Å². The zero-order valence-electron chi connectivity index (χ0n) is 8.34. The van der Waals surface area contributed by atoms with Gasteiger partial charge in [0.1, 0.15) is 5.82 Å². The largest absolute Gasteiger partial charge is 0.355 e. The highest BCUT2D eigenvalue weighted by Gasteiger charge is 1.99. The quantitative estimate of drug-likeness (QED) is 0.601. The van der Waals surface area contributed by atoms with Gasteiger partial charge >= 0.3 is 0 Å². The van der Waals surface area contributed by atoms with Crippen molar-refractivity contribution in [1.29, 1.82) is 0 Å². The van der Waals surface area contributed by atoms with E-state index in [1.807, 2.05) is 6.92 Å². The smallest absolute Gasteiger partial charge is 0.233 e. The normalized spacial score (nSPS) is 10.1. The van der Waals surface area contributed by atoms with Crippen molar-refractivity contribution in [2.45, 2.75) is 19.9 Å². The first kappa shape index (κ1) is 10.7. The van der Waals surface area contributed by atoms with E-state index in [0.29, 0.717) is 13.1 Å². The SMILES string of the molecule is CCCNC(=O)CNCc1ncc[nH]1. The van der Waals surface area contributed by atoms with Gasteiger partial charge in [0.2, 0.25) is 5.91 Å². The first-order chi connectivity index (χ1) is 6.83. The van der Waals surface area contributed by atoms with E-state index in [-0.39, 0.29) is 5.91 Å². The molecule has 14 heavy (non-hydrogen) atoms. The van der Waals surface area contributed by atoms with Gasteiger partial charge < -0.3 is 15.6 Å². The summed E-state index contributed by atoms with van der Waals surface area (Å²) in [5.74, 6) is 0.867. The molecule has 1 amide bonds. The topological polar surface area (TPSA) is 69.8 Å². The van der Waals surface area contributed by atoms with Crippen LogP contribution in [0, 0.1) is 0 Å². The van der Waals surface area contributed by atoms with Crippen molar-refractivity contribution in [2.24, 2.45) is 0 Å². The highest BCUT2D eigenvalue weighted by Crippen LogP contribution is 1.85. The third-order valence-corrected chi connectivity index (χ3v) is 1.71. The summed E-state index contributed by atoms with van der Waals surface area (Å²) in [6.45, 7) is 3.69. The Hall–Kier alpha value is -1.36. The maximum Gasteiger partial charge on any atom is 0.233 e. The summed E-state index contributed by atoms with van der Waals surface area (Å²) in [7, 11) is 0.